The number of piperazine rings is 1. The summed E-state index contributed by atoms with van der Waals surface area (Å²) in [6, 6.07) is 11.9. The van der Waals surface area contributed by atoms with Crippen molar-refractivity contribution in [2.75, 3.05) is 49.1 Å². The molecular formula is C23H30ClN5O. The van der Waals surface area contributed by atoms with Crippen molar-refractivity contribution in [2.45, 2.75) is 32.6 Å². The Bertz CT molecular complexity index is 843. The van der Waals surface area contributed by atoms with Crippen LogP contribution in [0.3, 0.4) is 0 Å². The van der Waals surface area contributed by atoms with Crippen molar-refractivity contribution in [1.82, 2.24) is 15.1 Å². The van der Waals surface area contributed by atoms with E-state index in [1.807, 2.05) is 29.2 Å². The Hall–Kier alpha value is -2.34. The Morgan fingerprint density at radius 3 is 2.20 bits per heavy atom. The molecule has 0 aliphatic carbocycles. The number of hydrogen-bond donors (Lipinski definition) is 0. The van der Waals surface area contributed by atoms with Crippen molar-refractivity contribution >= 4 is 29.1 Å². The summed E-state index contributed by atoms with van der Waals surface area (Å²) in [6.07, 6.45) is 3.68. The van der Waals surface area contributed by atoms with E-state index < -0.39 is 0 Å². The molecule has 0 spiro atoms. The van der Waals surface area contributed by atoms with E-state index in [1.54, 1.807) is 0 Å². The zero-order chi connectivity index (χ0) is 20.9. The van der Waals surface area contributed by atoms with Crippen molar-refractivity contribution in [3.05, 3.63) is 47.0 Å². The number of carbonyl (C=O) groups excluding carboxylic acids is 1. The summed E-state index contributed by atoms with van der Waals surface area (Å²) in [6.45, 7) is 7.46. The van der Waals surface area contributed by atoms with Gasteiger partial charge < -0.3 is 14.7 Å². The monoisotopic (exact) mass is 427 g/mol. The van der Waals surface area contributed by atoms with Crippen molar-refractivity contribution < 1.29 is 4.79 Å². The lowest BCUT2D eigenvalue weighted by molar-refractivity contribution is -0.131. The molecule has 2 aromatic rings. The van der Waals surface area contributed by atoms with Gasteiger partial charge in [-0.2, -0.15) is 0 Å². The van der Waals surface area contributed by atoms with E-state index in [-0.39, 0.29) is 5.91 Å². The molecule has 2 aliphatic heterocycles. The second kappa shape index (κ2) is 9.65. The molecule has 6 nitrogen and oxygen atoms in total. The molecule has 2 fully saturated rings. The first-order valence-electron chi connectivity index (χ1n) is 10.9. The van der Waals surface area contributed by atoms with Gasteiger partial charge >= 0.3 is 0 Å². The van der Waals surface area contributed by atoms with Gasteiger partial charge in [-0.15, -0.1) is 10.2 Å². The second-order valence-corrected chi connectivity index (χ2v) is 8.85. The minimum atomic E-state index is 0.204. The van der Waals surface area contributed by atoms with Crippen LogP contribution >= 0.6 is 11.6 Å². The highest BCUT2D eigenvalue weighted by molar-refractivity contribution is 6.30. The molecule has 7 heteroatoms. The first kappa shape index (κ1) is 20.9. The third-order valence-corrected chi connectivity index (χ3v) is 6.45. The molecule has 0 bridgehead atoms. The maximum atomic E-state index is 12.6. The highest BCUT2D eigenvalue weighted by Gasteiger charge is 2.23. The van der Waals surface area contributed by atoms with E-state index >= 15 is 0 Å². The van der Waals surface area contributed by atoms with Gasteiger partial charge in [0.1, 0.15) is 0 Å². The average Bonchev–Trinajstić information content (AvgIpc) is 2.78. The molecule has 1 amide bonds. The fourth-order valence-electron chi connectivity index (χ4n) is 4.18. The van der Waals surface area contributed by atoms with E-state index in [1.165, 1.54) is 12.8 Å². The average molecular weight is 428 g/mol. The number of aromatic nitrogens is 2. The highest BCUT2D eigenvalue weighted by Crippen LogP contribution is 2.22. The molecular weight excluding hydrogens is 398 g/mol. The molecule has 0 N–H and O–H groups in total. The SMILES string of the molecule is CC1CCN(c2ccc(N3CCN(C(=O)CCc4cccc(Cl)c4)CC3)nn2)CC1. The second-order valence-electron chi connectivity index (χ2n) is 8.42. The minimum Gasteiger partial charge on any atom is -0.355 e. The van der Waals surface area contributed by atoms with Crippen LogP contribution in [0.5, 0.6) is 0 Å². The Morgan fingerprint density at radius 2 is 1.60 bits per heavy atom. The number of piperidine rings is 1. The summed E-state index contributed by atoms with van der Waals surface area (Å²) in [5, 5.41) is 9.66. The van der Waals surface area contributed by atoms with Crippen LogP contribution in [0.2, 0.25) is 5.02 Å². The van der Waals surface area contributed by atoms with Crippen LogP contribution in [0.25, 0.3) is 0 Å². The largest absolute Gasteiger partial charge is 0.355 e. The zero-order valence-corrected chi connectivity index (χ0v) is 18.4. The topological polar surface area (TPSA) is 52.6 Å². The fourth-order valence-corrected chi connectivity index (χ4v) is 4.39. The first-order valence-corrected chi connectivity index (χ1v) is 11.3. The first-order chi connectivity index (χ1) is 14.6. The van der Waals surface area contributed by atoms with Gasteiger partial charge in [0.05, 0.1) is 0 Å². The van der Waals surface area contributed by atoms with Gasteiger partial charge in [-0.3, -0.25) is 4.79 Å². The normalized spacial score (nSPS) is 18.0. The molecule has 2 saturated heterocycles. The third kappa shape index (κ3) is 5.22. The maximum absolute atomic E-state index is 12.6. The maximum Gasteiger partial charge on any atom is 0.223 e. The number of benzene rings is 1. The summed E-state index contributed by atoms with van der Waals surface area (Å²) in [5.74, 6) is 2.88. The van der Waals surface area contributed by atoms with Gasteiger partial charge in [-0.05, 0) is 55.0 Å². The predicted molar refractivity (Wildman–Crippen MR) is 121 cm³/mol. The summed E-state index contributed by atoms with van der Waals surface area (Å²) >= 11 is 6.03. The van der Waals surface area contributed by atoms with Crippen LogP contribution in [0.4, 0.5) is 11.6 Å². The fraction of sp³-hybridized carbons (Fsp3) is 0.522. The summed E-state index contributed by atoms with van der Waals surface area (Å²) in [5.41, 5.74) is 1.10. The van der Waals surface area contributed by atoms with E-state index in [4.69, 9.17) is 11.6 Å². The van der Waals surface area contributed by atoms with E-state index in [0.29, 0.717) is 6.42 Å². The Morgan fingerprint density at radius 1 is 0.967 bits per heavy atom. The van der Waals surface area contributed by atoms with Gasteiger partial charge in [0.15, 0.2) is 11.6 Å². The summed E-state index contributed by atoms with van der Waals surface area (Å²) < 4.78 is 0. The molecule has 1 aromatic carbocycles. The van der Waals surface area contributed by atoms with Crippen LogP contribution in [-0.4, -0.2) is 60.3 Å². The molecule has 0 radical (unpaired) electrons. The number of rotatable bonds is 5. The number of anilines is 2. The van der Waals surface area contributed by atoms with Crippen LogP contribution in [-0.2, 0) is 11.2 Å². The Labute approximate surface area is 183 Å². The lowest BCUT2D eigenvalue weighted by atomic mass is 9.99. The quantitative estimate of drug-likeness (QED) is 0.729. The van der Waals surface area contributed by atoms with E-state index in [0.717, 1.165) is 73.8 Å². The number of hydrogen-bond acceptors (Lipinski definition) is 5. The number of nitrogens with zero attached hydrogens (tertiary/aromatic N) is 5. The van der Waals surface area contributed by atoms with Gasteiger partial charge in [0.2, 0.25) is 5.91 Å². The highest BCUT2D eigenvalue weighted by atomic mass is 35.5. The smallest absolute Gasteiger partial charge is 0.223 e. The molecule has 0 atom stereocenters. The molecule has 2 aliphatic rings. The summed E-state index contributed by atoms with van der Waals surface area (Å²) in [4.78, 5) is 19.1. The van der Waals surface area contributed by atoms with Gasteiger partial charge in [0, 0.05) is 50.7 Å². The van der Waals surface area contributed by atoms with Crippen molar-refractivity contribution in [1.29, 1.82) is 0 Å². The van der Waals surface area contributed by atoms with Gasteiger partial charge in [0.25, 0.3) is 0 Å². The minimum absolute atomic E-state index is 0.204. The zero-order valence-electron chi connectivity index (χ0n) is 17.6. The molecule has 0 unspecified atom stereocenters. The molecule has 0 saturated carbocycles. The molecule has 1 aromatic heterocycles. The van der Waals surface area contributed by atoms with Crippen LogP contribution < -0.4 is 9.80 Å². The Kier molecular flexibility index (Phi) is 6.72. The molecule has 4 rings (SSSR count). The van der Waals surface area contributed by atoms with Crippen LogP contribution in [0.1, 0.15) is 31.7 Å². The molecule has 3 heterocycles. The van der Waals surface area contributed by atoms with Crippen molar-refractivity contribution in [3.63, 3.8) is 0 Å². The van der Waals surface area contributed by atoms with E-state index in [2.05, 4.69) is 39.1 Å². The summed E-state index contributed by atoms with van der Waals surface area (Å²) in [7, 11) is 0. The van der Waals surface area contributed by atoms with Crippen molar-refractivity contribution in [2.24, 2.45) is 5.92 Å². The number of aryl methyl sites for hydroxylation is 1. The lowest BCUT2D eigenvalue weighted by Gasteiger charge is -2.35. The van der Waals surface area contributed by atoms with E-state index in [9.17, 15) is 4.79 Å². The standard InChI is InChI=1S/C23H30ClN5O/c1-18-9-11-27(12-10-18)21-6-7-22(26-25-21)28-13-15-29(16-14-28)23(30)8-5-19-3-2-4-20(24)17-19/h2-4,6-7,17-18H,5,8-16H2,1H3. The Balaban J connectivity index is 1.25. The number of carbonyl (C=O) groups is 1. The number of amides is 1. The van der Waals surface area contributed by atoms with Crippen molar-refractivity contribution in [3.8, 4) is 0 Å². The van der Waals surface area contributed by atoms with Gasteiger partial charge in [-0.1, -0.05) is 30.7 Å². The van der Waals surface area contributed by atoms with Crippen LogP contribution in [0.15, 0.2) is 36.4 Å². The molecule has 160 valence electrons. The third-order valence-electron chi connectivity index (χ3n) is 6.22. The lowest BCUT2D eigenvalue weighted by Crippen LogP contribution is -2.49. The van der Waals surface area contributed by atoms with Gasteiger partial charge in [-0.25, -0.2) is 0 Å². The number of halogens is 1. The predicted octanol–water partition coefficient (Wildman–Crippen LogP) is 3.65. The molecule has 30 heavy (non-hydrogen) atoms. The van der Waals surface area contributed by atoms with Crippen LogP contribution in [0, 0.1) is 5.92 Å².